The van der Waals surface area contributed by atoms with Crippen molar-refractivity contribution in [1.82, 2.24) is 0 Å². The summed E-state index contributed by atoms with van der Waals surface area (Å²) in [5.74, 6) is -0.476. The van der Waals surface area contributed by atoms with E-state index >= 15 is 0 Å². The third-order valence-corrected chi connectivity index (χ3v) is 2.79. The van der Waals surface area contributed by atoms with Gasteiger partial charge in [-0.1, -0.05) is 0 Å². The number of hydrogen-bond donors (Lipinski definition) is 3. The van der Waals surface area contributed by atoms with E-state index in [4.69, 9.17) is 11.5 Å². The SMILES string of the molecule is NC(=O)c1ccc(N)cc1N1CCC(O)C1. The number of primary amides is 1. The molecule has 1 aromatic rings. The summed E-state index contributed by atoms with van der Waals surface area (Å²) in [7, 11) is 0. The molecule has 1 atom stereocenters. The Bertz CT molecular complexity index is 420. The van der Waals surface area contributed by atoms with Crippen molar-refractivity contribution < 1.29 is 9.90 Å². The second kappa shape index (κ2) is 4.02. The van der Waals surface area contributed by atoms with Crippen LogP contribution in [0.25, 0.3) is 0 Å². The number of benzene rings is 1. The van der Waals surface area contributed by atoms with Gasteiger partial charge in [0.1, 0.15) is 0 Å². The summed E-state index contributed by atoms with van der Waals surface area (Å²) in [5, 5.41) is 9.47. The van der Waals surface area contributed by atoms with E-state index in [0.29, 0.717) is 36.4 Å². The highest BCUT2D eigenvalue weighted by Gasteiger charge is 2.23. The number of rotatable bonds is 2. The number of aliphatic hydroxyl groups is 1. The lowest BCUT2D eigenvalue weighted by molar-refractivity contribution is 0.100. The van der Waals surface area contributed by atoms with Crippen molar-refractivity contribution in [2.24, 2.45) is 5.73 Å². The second-order valence-electron chi connectivity index (χ2n) is 4.03. The summed E-state index contributed by atoms with van der Waals surface area (Å²) in [6.45, 7) is 1.23. The average Bonchev–Trinajstić information content (AvgIpc) is 2.64. The Morgan fingerprint density at radius 1 is 1.50 bits per heavy atom. The standard InChI is InChI=1S/C11H15N3O2/c12-7-1-2-9(11(13)16)10(5-7)14-4-3-8(15)6-14/h1-2,5,8,15H,3-4,6,12H2,(H2,13,16). The number of aliphatic hydroxyl groups excluding tert-OH is 1. The number of nitrogens with zero attached hydrogens (tertiary/aromatic N) is 1. The van der Waals surface area contributed by atoms with E-state index in [1.165, 1.54) is 0 Å². The van der Waals surface area contributed by atoms with E-state index in [9.17, 15) is 9.90 Å². The van der Waals surface area contributed by atoms with Gasteiger partial charge in [-0.3, -0.25) is 4.79 Å². The maximum atomic E-state index is 11.3. The Kier molecular flexibility index (Phi) is 2.70. The van der Waals surface area contributed by atoms with Gasteiger partial charge in [0.15, 0.2) is 0 Å². The third kappa shape index (κ3) is 1.94. The van der Waals surface area contributed by atoms with Crippen molar-refractivity contribution in [3.8, 4) is 0 Å². The van der Waals surface area contributed by atoms with Gasteiger partial charge >= 0.3 is 0 Å². The fraction of sp³-hybridized carbons (Fsp3) is 0.364. The molecule has 0 bridgehead atoms. The van der Waals surface area contributed by atoms with Crippen LogP contribution >= 0.6 is 0 Å². The highest BCUT2D eigenvalue weighted by Crippen LogP contribution is 2.26. The van der Waals surface area contributed by atoms with Crippen molar-refractivity contribution in [3.05, 3.63) is 23.8 Å². The molecule has 0 saturated carbocycles. The van der Waals surface area contributed by atoms with Crippen LogP contribution in [-0.4, -0.2) is 30.2 Å². The monoisotopic (exact) mass is 221 g/mol. The Morgan fingerprint density at radius 2 is 2.25 bits per heavy atom. The van der Waals surface area contributed by atoms with Crippen molar-refractivity contribution >= 4 is 17.3 Å². The van der Waals surface area contributed by atoms with Gasteiger partial charge in [0.25, 0.3) is 5.91 Å². The highest BCUT2D eigenvalue weighted by molar-refractivity contribution is 5.99. The normalized spacial score (nSPS) is 20.1. The number of amides is 1. The molecule has 1 saturated heterocycles. The first-order valence-corrected chi connectivity index (χ1v) is 5.20. The van der Waals surface area contributed by atoms with E-state index < -0.39 is 5.91 Å². The number of carbonyl (C=O) groups excluding carboxylic acids is 1. The van der Waals surface area contributed by atoms with Crippen LogP contribution in [0.2, 0.25) is 0 Å². The molecule has 16 heavy (non-hydrogen) atoms. The molecule has 1 heterocycles. The number of β-amino-alcohol motifs (C(OH)–C–C–N with tert-alkyl or cyclic N) is 1. The van der Waals surface area contributed by atoms with E-state index in [1.807, 2.05) is 4.90 Å². The van der Waals surface area contributed by atoms with Crippen molar-refractivity contribution in [2.45, 2.75) is 12.5 Å². The molecule has 1 fully saturated rings. The van der Waals surface area contributed by atoms with Gasteiger partial charge in [-0.05, 0) is 24.6 Å². The first-order valence-electron chi connectivity index (χ1n) is 5.20. The zero-order chi connectivity index (χ0) is 11.7. The fourth-order valence-electron chi connectivity index (χ4n) is 1.98. The zero-order valence-corrected chi connectivity index (χ0v) is 8.89. The fourth-order valence-corrected chi connectivity index (χ4v) is 1.98. The maximum absolute atomic E-state index is 11.3. The van der Waals surface area contributed by atoms with Crippen molar-refractivity contribution in [3.63, 3.8) is 0 Å². The number of nitrogen functional groups attached to an aromatic ring is 1. The smallest absolute Gasteiger partial charge is 0.250 e. The molecule has 0 radical (unpaired) electrons. The topological polar surface area (TPSA) is 92.6 Å². The highest BCUT2D eigenvalue weighted by atomic mass is 16.3. The number of anilines is 2. The Balaban J connectivity index is 2.37. The molecular weight excluding hydrogens is 206 g/mol. The van der Waals surface area contributed by atoms with Gasteiger partial charge in [-0.15, -0.1) is 0 Å². The van der Waals surface area contributed by atoms with Crippen LogP contribution in [0.15, 0.2) is 18.2 Å². The van der Waals surface area contributed by atoms with Gasteiger partial charge in [0.05, 0.1) is 17.4 Å². The lowest BCUT2D eigenvalue weighted by Gasteiger charge is -2.20. The predicted molar refractivity (Wildman–Crippen MR) is 62.2 cm³/mol. The lowest BCUT2D eigenvalue weighted by atomic mass is 10.1. The summed E-state index contributed by atoms with van der Waals surface area (Å²) in [6, 6.07) is 4.99. The third-order valence-electron chi connectivity index (χ3n) is 2.79. The van der Waals surface area contributed by atoms with Gasteiger partial charge in [-0.2, -0.15) is 0 Å². The molecule has 5 nitrogen and oxygen atoms in total. The van der Waals surface area contributed by atoms with Crippen molar-refractivity contribution in [1.29, 1.82) is 0 Å². The molecule has 0 spiro atoms. The van der Waals surface area contributed by atoms with Crippen LogP contribution in [0.4, 0.5) is 11.4 Å². The average molecular weight is 221 g/mol. The number of carbonyl (C=O) groups is 1. The Morgan fingerprint density at radius 3 is 2.81 bits per heavy atom. The molecule has 1 aliphatic heterocycles. The predicted octanol–water partition coefficient (Wildman–Crippen LogP) is -0.0613. The molecule has 5 N–H and O–H groups in total. The molecule has 86 valence electrons. The van der Waals surface area contributed by atoms with Gasteiger partial charge in [0.2, 0.25) is 0 Å². The molecule has 1 aromatic carbocycles. The molecule has 2 rings (SSSR count). The molecule has 1 unspecified atom stereocenters. The van der Waals surface area contributed by atoms with Crippen LogP contribution < -0.4 is 16.4 Å². The van der Waals surface area contributed by atoms with Gasteiger partial charge in [0, 0.05) is 18.8 Å². The number of hydrogen-bond acceptors (Lipinski definition) is 4. The molecule has 1 aliphatic rings. The van der Waals surface area contributed by atoms with Gasteiger partial charge in [-0.25, -0.2) is 0 Å². The summed E-state index contributed by atoms with van der Waals surface area (Å²) in [4.78, 5) is 13.2. The van der Waals surface area contributed by atoms with Crippen LogP contribution in [0.1, 0.15) is 16.8 Å². The van der Waals surface area contributed by atoms with Gasteiger partial charge < -0.3 is 21.5 Å². The van der Waals surface area contributed by atoms with Crippen LogP contribution in [0.5, 0.6) is 0 Å². The minimum Gasteiger partial charge on any atom is -0.399 e. The van der Waals surface area contributed by atoms with E-state index in [0.717, 1.165) is 0 Å². The summed E-state index contributed by atoms with van der Waals surface area (Å²) in [6.07, 6.45) is 0.356. The molecule has 1 amide bonds. The Hall–Kier alpha value is -1.75. The summed E-state index contributed by atoms with van der Waals surface area (Å²) >= 11 is 0. The largest absolute Gasteiger partial charge is 0.399 e. The van der Waals surface area contributed by atoms with Crippen LogP contribution in [0, 0.1) is 0 Å². The molecule has 0 aliphatic carbocycles. The molecular formula is C11H15N3O2. The van der Waals surface area contributed by atoms with Crippen LogP contribution in [0.3, 0.4) is 0 Å². The maximum Gasteiger partial charge on any atom is 0.250 e. The minimum absolute atomic E-state index is 0.345. The van der Waals surface area contributed by atoms with E-state index in [2.05, 4.69) is 0 Å². The lowest BCUT2D eigenvalue weighted by Crippen LogP contribution is -2.25. The van der Waals surface area contributed by atoms with E-state index in [-0.39, 0.29) is 6.10 Å². The number of nitrogens with two attached hydrogens (primary N) is 2. The van der Waals surface area contributed by atoms with Crippen molar-refractivity contribution in [2.75, 3.05) is 23.7 Å². The summed E-state index contributed by atoms with van der Waals surface area (Å²) in [5.41, 5.74) is 12.7. The first-order chi connectivity index (χ1) is 7.58. The minimum atomic E-state index is -0.476. The van der Waals surface area contributed by atoms with E-state index in [1.54, 1.807) is 18.2 Å². The second-order valence-corrected chi connectivity index (χ2v) is 4.03. The molecule has 5 heteroatoms. The summed E-state index contributed by atoms with van der Waals surface area (Å²) < 4.78 is 0. The zero-order valence-electron chi connectivity index (χ0n) is 8.89. The van der Waals surface area contributed by atoms with Crippen LogP contribution in [-0.2, 0) is 0 Å². The first kappa shape index (κ1) is 10.8. The Labute approximate surface area is 93.6 Å². The molecule has 0 aromatic heterocycles. The quantitative estimate of drug-likeness (QED) is 0.610.